The van der Waals surface area contributed by atoms with E-state index in [2.05, 4.69) is 4.74 Å². The van der Waals surface area contributed by atoms with Crippen molar-refractivity contribution in [3.05, 3.63) is 29.8 Å². The first kappa shape index (κ1) is 15.0. The van der Waals surface area contributed by atoms with Gasteiger partial charge >= 0.3 is 5.97 Å². The topological polar surface area (TPSA) is 99.8 Å². The van der Waals surface area contributed by atoms with Crippen LogP contribution in [0.1, 0.15) is 18.1 Å². The molecule has 6 heteroatoms. The second-order valence-corrected chi connectivity index (χ2v) is 3.81. The summed E-state index contributed by atoms with van der Waals surface area (Å²) in [6.45, 7) is -0.199. The summed E-state index contributed by atoms with van der Waals surface area (Å²) >= 11 is 0. The molecule has 0 bridgehead atoms. The van der Waals surface area contributed by atoms with Crippen molar-refractivity contribution in [2.75, 3.05) is 13.7 Å². The van der Waals surface area contributed by atoms with Crippen LogP contribution in [0.3, 0.4) is 0 Å². The maximum Gasteiger partial charge on any atom is 0.343 e. The number of benzene rings is 1. The summed E-state index contributed by atoms with van der Waals surface area (Å²) in [5.41, 5.74) is 0.466. The predicted octanol–water partition coefficient (Wildman–Crippen LogP) is 0.546. The Morgan fingerprint density at radius 2 is 2.00 bits per heavy atom. The minimum atomic E-state index is -1.13. The van der Waals surface area contributed by atoms with Crippen molar-refractivity contribution >= 4 is 5.97 Å². The smallest absolute Gasteiger partial charge is 0.343 e. The van der Waals surface area contributed by atoms with Gasteiger partial charge in [-0.25, -0.2) is 4.79 Å². The third kappa shape index (κ3) is 4.58. The number of nitriles is 1. The number of ether oxygens (including phenoxy) is 2. The first-order valence-corrected chi connectivity index (χ1v) is 5.61. The number of rotatable bonds is 6. The molecule has 0 radical (unpaired) electrons. The zero-order chi connectivity index (χ0) is 14.3. The Bertz CT molecular complexity index is 451. The van der Waals surface area contributed by atoms with Gasteiger partial charge in [-0.1, -0.05) is 12.1 Å². The number of carbonyl (C=O) groups is 1. The van der Waals surface area contributed by atoms with E-state index in [-0.39, 0.29) is 13.0 Å². The average Bonchev–Trinajstić information content (AvgIpc) is 2.44. The molecule has 0 aliphatic heterocycles. The van der Waals surface area contributed by atoms with Crippen LogP contribution < -0.4 is 4.74 Å². The minimum Gasteiger partial charge on any atom is -0.482 e. The molecule has 0 aromatic heterocycles. The van der Waals surface area contributed by atoms with Gasteiger partial charge in [0, 0.05) is 0 Å². The van der Waals surface area contributed by atoms with Crippen LogP contribution in [0, 0.1) is 11.3 Å². The third-order valence-electron chi connectivity index (χ3n) is 2.47. The van der Waals surface area contributed by atoms with E-state index in [4.69, 9.17) is 10.00 Å². The Hall–Kier alpha value is -2.10. The molecule has 0 saturated heterocycles. The van der Waals surface area contributed by atoms with Crippen LogP contribution in [0.2, 0.25) is 0 Å². The summed E-state index contributed by atoms with van der Waals surface area (Å²) in [5.74, 6) is -0.0512. The molecule has 2 atom stereocenters. The molecular weight excluding hydrogens is 250 g/mol. The number of esters is 1. The van der Waals surface area contributed by atoms with Gasteiger partial charge in [0.05, 0.1) is 25.7 Å². The van der Waals surface area contributed by atoms with Gasteiger partial charge < -0.3 is 19.7 Å². The summed E-state index contributed by atoms with van der Waals surface area (Å²) in [7, 11) is 1.27. The summed E-state index contributed by atoms with van der Waals surface area (Å²) in [6, 6.07) is 8.00. The first-order valence-electron chi connectivity index (χ1n) is 5.61. The van der Waals surface area contributed by atoms with Gasteiger partial charge in [-0.15, -0.1) is 0 Å². The highest BCUT2D eigenvalue weighted by atomic mass is 16.6. The van der Waals surface area contributed by atoms with Crippen molar-refractivity contribution in [3.8, 4) is 11.8 Å². The zero-order valence-corrected chi connectivity index (χ0v) is 10.4. The molecule has 1 rings (SSSR count). The van der Waals surface area contributed by atoms with Gasteiger partial charge in [0.2, 0.25) is 0 Å². The van der Waals surface area contributed by atoms with Gasteiger partial charge in [-0.2, -0.15) is 5.26 Å². The highest BCUT2D eigenvalue weighted by Crippen LogP contribution is 2.21. The Morgan fingerprint density at radius 1 is 1.37 bits per heavy atom. The van der Waals surface area contributed by atoms with E-state index in [9.17, 15) is 15.0 Å². The summed E-state index contributed by atoms with van der Waals surface area (Å²) in [5, 5.41) is 27.7. The molecule has 0 spiro atoms. The second kappa shape index (κ2) is 7.36. The Labute approximate surface area is 110 Å². The lowest BCUT2D eigenvalue weighted by molar-refractivity contribution is -0.142. The standard InChI is InChI=1S/C13H15NO5/c1-18-12(16)8-19-10-4-2-9(3-5-10)13(17)11(15)6-7-14/h2-5,11,13,15,17H,6,8H2,1H3. The SMILES string of the molecule is COC(=O)COc1ccc(C(O)C(O)CC#N)cc1. The molecule has 0 amide bonds. The van der Waals surface area contributed by atoms with E-state index in [0.717, 1.165) is 0 Å². The van der Waals surface area contributed by atoms with Crippen LogP contribution in [0.5, 0.6) is 5.75 Å². The van der Waals surface area contributed by atoms with E-state index in [1.165, 1.54) is 7.11 Å². The fraction of sp³-hybridized carbons (Fsp3) is 0.385. The normalized spacial score (nSPS) is 13.2. The van der Waals surface area contributed by atoms with Crippen molar-refractivity contribution in [3.63, 3.8) is 0 Å². The quantitative estimate of drug-likeness (QED) is 0.728. The molecule has 0 aliphatic rings. The molecule has 2 N–H and O–H groups in total. The van der Waals surface area contributed by atoms with Crippen LogP contribution in [0.15, 0.2) is 24.3 Å². The van der Waals surface area contributed by atoms with Gasteiger partial charge in [0.15, 0.2) is 6.61 Å². The Kier molecular flexibility index (Phi) is 5.79. The lowest BCUT2D eigenvalue weighted by atomic mass is 10.0. The van der Waals surface area contributed by atoms with Gasteiger partial charge in [-0.05, 0) is 17.7 Å². The molecule has 0 fully saturated rings. The number of hydrogen-bond acceptors (Lipinski definition) is 6. The maximum absolute atomic E-state index is 10.9. The minimum absolute atomic E-state index is 0.151. The average molecular weight is 265 g/mol. The first-order chi connectivity index (χ1) is 9.08. The number of hydrogen-bond donors (Lipinski definition) is 2. The maximum atomic E-state index is 10.9. The van der Waals surface area contributed by atoms with Crippen molar-refractivity contribution in [2.24, 2.45) is 0 Å². The molecule has 19 heavy (non-hydrogen) atoms. The zero-order valence-electron chi connectivity index (χ0n) is 10.4. The lowest BCUT2D eigenvalue weighted by Gasteiger charge is -2.15. The molecule has 1 aromatic carbocycles. The fourth-order valence-corrected chi connectivity index (χ4v) is 1.39. The van der Waals surface area contributed by atoms with E-state index in [0.29, 0.717) is 11.3 Å². The number of nitrogens with zero attached hydrogens (tertiary/aromatic N) is 1. The molecule has 6 nitrogen and oxygen atoms in total. The Balaban J connectivity index is 2.61. The number of aliphatic hydroxyl groups is 2. The van der Waals surface area contributed by atoms with Crippen LogP contribution in [-0.2, 0) is 9.53 Å². The number of carbonyl (C=O) groups excluding carboxylic acids is 1. The lowest BCUT2D eigenvalue weighted by Crippen LogP contribution is -2.17. The van der Waals surface area contributed by atoms with Crippen molar-refractivity contribution < 1.29 is 24.5 Å². The number of methoxy groups -OCH3 is 1. The molecule has 2 unspecified atom stereocenters. The number of aliphatic hydroxyl groups excluding tert-OH is 2. The molecule has 1 aromatic rings. The van der Waals surface area contributed by atoms with Crippen molar-refractivity contribution in [2.45, 2.75) is 18.6 Å². The van der Waals surface area contributed by atoms with Crippen LogP contribution >= 0.6 is 0 Å². The van der Waals surface area contributed by atoms with E-state index < -0.39 is 18.2 Å². The van der Waals surface area contributed by atoms with Crippen LogP contribution in [-0.4, -0.2) is 36.0 Å². The second-order valence-electron chi connectivity index (χ2n) is 3.81. The molecule has 0 saturated carbocycles. The van der Waals surface area contributed by atoms with Gasteiger partial charge in [0.1, 0.15) is 11.9 Å². The predicted molar refractivity (Wildman–Crippen MR) is 65.1 cm³/mol. The summed E-state index contributed by atoms with van der Waals surface area (Å²) in [4.78, 5) is 10.9. The monoisotopic (exact) mass is 265 g/mol. The largest absolute Gasteiger partial charge is 0.482 e. The Morgan fingerprint density at radius 3 is 2.53 bits per heavy atom. The van der Waals surface area contributed by atoms with Crippen molar-refractivity contribution in [1.82, 2.24) is 0 Å². The van der Waals surface area contributed by atoms with Gasteiger partial charge in [0.25, 0.3) is 0 Å². The van der Waals surface area contributed by atoms with E-state index >= 15 is 0 Å². The van der Waals surface area contributed by atoms with Crippen molar-refractivity contribution in [1.29, 1.82) is 5.26 Å². The highest BCUT2D eigenvalue weighted by molar-refractivity contribution is 5.70. The molecular formula is C13H15NO5. The molecule has 0 heterocycles. The molecule has 0 aliphatic carbocycles. The van der Waals surface area contributed by atoms with Gasteiger partial charge in [-0.3, -0.25) is 0 Å². The van der Waals surface area contributed by atoms with E-state index in [1.54, 1.807) is 30.3 Å². The molecule has 102 valence electrons. The fourth-order valence-electron chi connectivity index (χ4n) is 1.39. The van der Waals surface area contributed by atoms with Crippen LogP contribution in [0.4, 0.5) is 0 Å². The van der Waals surface area contributed by atoms with Crippen LogP contribution in [0.25, 0.3) is 0 Å². The highest BCUT2D eigenvalue weighted by Gasteiger charge is 2.17. The summed E-state index contributed by atoms with van der Waals surface area (Å²) < 4.78 is 9.56. The van der Waals surface area contributed by atoms with E-state index in [1.807, 2.05) is 0 Å². The summed E-state index contributed by atoms with van der Waals surface area (Å²) in [6.07, 6.45) is -2.41. The third-order valence-corrected chi connectivity index (χ3v) is 2.47.